The van der Waals surface area contributed by atoms with E-state index in [0.717, 1.165) is 22.7 Å². The summed E-state index contributed by atoms with van der Waals surface area (Å²) in [6, 6.07) is 1.85. The van der Waals surface area contributed by atoms with Crippen molar-refractivity contribution in [2.75, 3.05) is 11.9 Å². The van der Waals surface area contributed by atoms with Crippen LogP contribution in [0.4, 0.5) is 5.82 Å². The first-order valence-corrected chi connectivity index (χ1v) is 6.18. The molecule has 1 aromatic heterocycles. The van der Waals surface area contributed by atoms with Crippen molar-refractivity contribution in [1.29, 1.82) is 0 Å². The number of aromatic nitrogens is 2. The van der Waals surface area contributed by atoms with E-state index in [2.05, 4.69) is 45.1 Å². The maximum Gasteiger partial charge on any atom is 0.131 e. The first-order chi connectivity index (χ1) is 7.49. The number of rotatable bonds is 5. The smallest absolute Gasteiger partial charge is 0.131 e. The molecular formula is C11H18BrN3O. The van der Waals surface area contributed by atoms with Crippen LogP contribution >= 0.6 is 15.9 Å². The molecule has 2 N–H and O–H groups in total. The summed E-state index contributed by atoms with van der Waals surface area (Å²) in [6.45, 7) is 6.19. The van der Waals surface area contributed by atoms with Crippen LogP contribution in [0.3, 0.4) is 0 Å². The molecule has 0 spiro atoms. The highest BCUT2D eigenvalue weighted by Gasteiger charge is 2.21. The zero-order valence-electron chi connectivity index (χ0n) is 9.92. The van der Waals surface area contributed by atoms with Gasteiger partial charge in [-0.3, -0.25) is 0 Å². The van der Waals surface area contributed by atoms with Crippen molar-refractivity contribution in [3.63, 3.8) is 0 Å². The first-order valence-electron chi connectivity index (χ1n) is 5.39. The van der Waals surface area contributed by atoms with Crippen LogP contribution < -0.4 is 5.32 Å². The fourth-order valence-electron chi connectivity index (χ4n) is 1.48. The van der Waals surface area contributed by atoms with Gasteiger partial charge in [0.25, 0.3) is 0 Å². The van der Waals surface area contributed by atoms with E-state index in [9.17, 15) is 0 Å². The fraction of sp³-hybridized carbons (Fsp3) is 0.636. The molecule has 0 fully saturated rings. The molecule has 4 nitrogen and oxygen atoms in total. The summed E-state index contributed by atoms with van der Waals surface area (Å²) in [4.78, 5) is 8.47. The van der Waals surface area contributed by atoms with Crippen molar-refractivity contribution < 1.29 is 5.11 Å². The molecule has 1 atom stereocenters. The van der Waals surface area contributed by atoms with Crippen molar-refractivity contribution in [3.8, 4) is 0 Å². The molecule has 0 radical (unpaired) electrons. The molecule has 90 valence electrons. The largest absolute Gasteiger partial charge is 0.396 e. The van der Waals surface area contributed by atoms with Gasteiger partial charge in [-0.05, 0) is 42.6 Å². The van der Waals surface area contributed by atoms with Gasteiger partial charge in [-0.2, -0.15) is 0 Å². The van der Waals surface area contributed by atoms with Gasteiger partial charge in [0.05, 0.1) is 0 Å². The van der Waals surface area contributed by atoms with Crippen molar-refractivity contribution in [2.45, 2.75) is 39.2 Å². The minimum absolute atomic E-state index is 0.130. The van der Waals surface area contributed by atoms with Crippen LogP contribution in [0.15, 0.2) is 10.7 Å². The topological polar surface area (TPSA) is 58.0 Å². The van der Waals surface area contributed by atoms with Gasteiger partial charge in [0.15, 0.2) is 0 Å². The van der Waals surface area contributed by atoms with Crippen molar-refractivity contribution >= 4 is 21.7 Å². The van der Waals surface area contributed by atoms with E-state index in [-0.39, 0.29) is 12.1 Å². The molecule has 1 unspecified atom stereocenters. The second-order valence-electron chi connectivity index (χ2n) is 4.14. The SMILES string of the molecule is CCC(C)(CCO)Nc1cc(Br)nc(C)n1. The maximum atomic E-state index is 9.04. The lowest BCUT2D eigenvalue weighted by atomic mass is 9.95. The lowest BCUT2D eigenvalue weighted by Gasteiger charge is -2.29. The molecule has 5 heteroatoms. The maximum absolute atomic E-state index is 9.04. The average molecular weight is 288 g/mol. The van der Waals surface area contributed by atoms with Crippen LogP contribution in [0.5, 0.6) is 0 Å². The minimum Gasteiger partial charge on any atom is -0.396 e. The third-order valence-electron chi connectivity index (χ3n) is 2.68. The minimum atomic E-state index is -0.130. The van der Waals surface area contributed by atoms with E-state index in [4.69, 9.17) is 5.11 Å². The fourth-order valence-corrected chi connectivity index (χ4v) is 1.95. The van der Waals surface area contributed by atoms with Crippen LogP contribution in [0.1, 0.15) is 32.5 Å². The summed E-state index contributed by atoms with van der Waals surface area (Å²) in [5.74, 6) is 1.51. The third-order valence-corrected chi connectivity index (χ3v) is 3.09. The Morgan fingerprint density at radius 1 is 1.50 bits per heavy atom. The highest BCUT2D eigenvalue weighted by Crippen LogP contribution is 2.21. The highest BCUT2D eigenvalue weighted by atomic mass is 79.9. The standard InChI is InChI=1S/C11H18BrN3O/c1-4-11(3,5-6-16)15-10-7-9(12)13-8(2)14-10/h7,16H,4-6H2,1-3H3,(H,13,14,15). The predicted octanol–water partition coefficient (Wildman–Crippen LogP) is 2.51. The number of aliphatic hydroxyl groups excluding tert-OH is 1. The summed E-state index contributed by atoms with van der Waals surface area (Å²) in [5, 5.41) is 12.4. The van der Waals surface area contributed by atoms with Gasteiger partial charge in [0, 0.05) is 18.2 Å². The molecule has 1 heterocycles. The second kappa shape index (κ2) is 5.59. The van der Waals surface area contributed by atoms with Gasteiger partial charge in [-0.1, -0.05) is 6.92 Å². The van der Waals surface area contributed by atoms with Crippen LogP contribution in [-0.2, 0) is 0 Å². The summed E-state index contributed by atoms with van der Waals surface area (Å²) < 4.78 is 0.768. The lowest BCUT2D eigenvalue weighted by Crippen LogP contribution is -2.35. The van der Waals surface area contributed by atoms with Crippen molar-refractivity contribution in [1.82, 2.24) is 9.97 Å². The van der Waals surface area contributed by atoms with E-state index in [0.29, 0.717) is 6.42 Å². The Labute approximate surface area is 105 Å². The summed E-state index contributed by atoms with van der Waals surface area (Å²) in [6.07, 6.45) is 1.62. The summed E-state index contributed by atoms with van der Waals surface area (Å²) >= 11 is 3.34. The molecule has 0 amide bonds. The van der Waals surface area contributed by atoms with E-state index in [1.807, 2.05) is 13.0 Å². The number of nitrogens with zero attached hydrogens (tertiary/aromatic N) is 2. The Hall–Kier alpha value is -0.680. The Bertz CT molecular complexity index is 339. The molecule has 0 bridgehead atoms. The normalized spacial score (nSPS) is 14.6. The van der Waals surface area contributed by atoms with Gasteiger partial charge >= 0.3 is 0 Å². The van der Waals surface area contributed by atoms with Crippen molar-refractivity contribution in [2.24, 2.45) is 0 Å². The number of aliphatic hydroxyl groups is 1. The summed E-state index contributed by atoms with van der Waals surface area (Å²) in [5.41, 5.74) is -0.130. The Morgan fingerprint density at radius 2 is 2.19 bits per heavy atom. The Kier molecular flexibility index (Phi) is 4.68. The van der Waals surface area contributed by atoms with Gasteiger partial charge in [0.2, 0.25) is 0 Å². The number of anilines is 1. The highest BCUT2D eigenvalue weighted by molar-refractivity contribution is 9.10. The monoisotopic (exact) mass is 287 g/mol. The van der Waals surface area contributed by atoms with Gasteiger partial charge in [-0.25, -0.2) is 9.97 Å². The predicted molar refractivity (Wildman–Crippen MR) is 68.5 cm³/mol. The second-order valence-corrected chi connectivity index (χ2v) is 4.95. The number of hydrogen-bond donors (Lipinski definition) is 2. The van der Waals surface area contributed by atoms with E-state index < -0.39 is 0 Å². The molecule has 0 saturated heterocycles. The molecule has 0 aliphatic heterocycles. The van der Waals surface area contributed by atoms with Crippen LogP contribution in [-0.4, -0.2) is 27.2 Å². The average Bonchev–Trinajstić information content (AvgIpc) is 2.16. The van der Waals surface area contributed by atoms with Gasteiger partial charge in [0.1, 0.15) is 16.2 Å². The molecule has 1 aromatic rings. The van der Waals surface area contributed by atoms with Crippen LogP contribution in [0, 0.1) is 6.92 Å². The molecular weight excluding hydrogens is 270 g/mol. The number of halogens is 1. The molecule has 16 heavy (non-hydrogen) atoms. The first kappa shape index (κ1) is 13.4. The molecule has 0 aromatic carbocycles. The molecule has 0 saturated carbocycles. The Balaban J connectivity index is 2.85. The number of hydrogen-bond acceptors (Lipinski definition) is 4. The number of nitrogens with one attached hydrogen (secondary N) is 1. The zero-order valence-corrected chi connectivity index (χ0v) is 11.5. The third kappa shape index (κ3) is 3.72. The zero-order chi connectivity index (χ0) is 12.2. The van der Waals surface area contributed by atoms with Gasteiger partial charge in [-0.15, -0.1) is 0 Å². The van der Waals surface area contributed by atoms with Crippen molar-refractivity contribution in [3.05, 3.63) is 16.5 Å². The number of aryl methyl sites for hydroxylation is 1. The quantitative estimate of drug-likeness (QED) is 0.817. The molecule has 1 rings (SSSR count). The summed E-state index contributed by atoms with van der Waals surface area (Å²) in [7, 11) is 0. The van der Waals surface area contributed by atoms with Gasteiger partial charge < -0.3 is 10.4 Å². The molecule has 0 aliphatic rings. The van der Waals surface area contributed by atoms with E-state index in [1.54, 1.807) is 0 Å². The lowest BCUT2D eigenvalue weighted by molar-refractivity contribution is 0.252. The van der Waals surface area contributed by atoms with Crippen LogP contribution in [0.2, 0.25) is 0 Å². The molecule has 0 aliphatic carbocycles. The van der Waals surface area contributed by atoms with E-state index >= 15 is 0 Å². The Morgan fingerprint density at radius 3 is 2.69 bits per heavy atom. The van der Waals surface area contributed by atoms with Crippen LogP contribution in [0.25, 0.3) is 0 Å². The van der Waals surface area contributed by atoms with E-state index in [1.165, 1.54) is 0 Å².